The number of rotatable bonds is 4. The zero-order valence-electron chi connectivity index (χ0n) is 12.8. The molecule has 0 spiro atoms. The van der Waals surface area contributed by atoms with Gasteiger partial charge in [-0.1, -0.05) is 15.5 Å². The van der Waals surface area contributed by atoms with Crippen LogP contribution >= 0.6 is 11.3 Å². The monoisotopic (exact) mass is 364 g/mol. The van der Waals surface area contributed by atoms with E-state index in [0.29, 0.717) is 47.4 Å². The van der Waals surface area contributed by atoms with Crippen LogP contribution in [0.1, 0.15) is 12.8 Å². The van der Waals surface area contributed by atoms with Gasteiger partial charge in [-0.2, -0.15) is 4.98 Å². The lowest BCUT2D eigenvalue weighted by molar-refractivity contribution is 0.411. The molecule has 4 heterocycles. The molecule has 1 unspecified atom stereocenters. The minimum atomic E-state index is -3.42. The van der Waals surface area contributed by atoms with Gasteiger partial charge in [0.15, 0.2) is 16.0 Å². The summed E-state index contributed by atoms with van der Waals surface area (Å²) in [7, 11) is -3.42. The highest BCUT2D eigenvalue weighted by atomic mass is 32.3. The number of sulfonamides is 1. The van der Waals surface area contributed by atoms with Gasteiger partial charge in [-0.25, -0.2) is 4.98 Å². The number of anilines is 1. The molecule has 1 atom stereocenters. The first-order valence-corrected chi connectivity index (χ1v) is 10.0. The molecule has 126 valence electrons. The number of fused-ring (bicyclic) bond motifs is 1. The summed E-state index contributed by atoms with van der Waals surface area (Å²) in [6.45, 7) is 1.37. The second kappa shape index (κ2) is 6.25. The summed E-state index contributed by atoms with van der Waals surface area (Å²) in [5, 5.41) is 1.76. The normalized spacial score (nSPS) is 18.8. The predicted octanol–water partition coefficient (Wildman–Crippen LogP) is 2.45. The Morgan fingerprint density at radius 3 is 2.88 bits per heavy atom. The number of thiophene rings is 1. The van der Waals surface area contributed by atoms with E-state index < -0.39 is 10.4 Å². The van der Waals surface area contributed by atoms with Crippen LogP contribution in [0.5, 0.6) is 0 Å². The van der Waals surface area contributed by atoms with E-state index in [0.717, 1.165) is 0 Å². The fourth-order valence-electron chi connectivity index (χ4n) is 2.78. The average Bonchev–Trinajstić information content (AvgIpc) is 3.25. The summed E-state index contributed by atoms with van der Waals surface area (Å²) < 4.78 is 33.4. The first kappa shape index (κ1) is 15.7. The molecule has 1 aliphatic rings. The second-order valence-electron chi connectivity index (χ2n) is 5.64. The van der Waals surface area contributed by atoms with E-state index in [4.69, 9.17) is 4.42 Å². The van der Waals surface area contributed by atoms with Crippen LogP contribution < -0.4 is 9.62 Å². The van der Waals surface area contributed by atoms with Crippen molar-refractivity contribution in [1.29, 1.82) is 0 Å². The van der Waals surface area contributed by atoms with Gasteiger partial charge in [0.1, 0.15) is 0 Å². The molecule has 1 saturated heterocycles. The lowest BCUT2D eigenvalue weighted by Crippen LogP contribution is -2.46. The molecule has 3 aromatic heterocycles. The number of oxazole rings is 1. The zero-order valence-corrected chi connectivity index (χ0v) is 14.4. The van der Waals surface area contributed by atoms with Crippen molar-refractivity contribution in [2.24, 2.45) is 0 Å². The molecule has 0 amide bonds. The Bertz CT molecular complexity index is 839. The van der Waals surface area contributed by atoms with Crippen LogP contribution in [0.3, 0.4) is 0 Å². The van der Waals surface area contributed by atoms with Crippen molar-refractivity contribution in [3.8, 4) is 0 Å². The highest BCUT2D eigenvalue weighted by molar-refractivity contribution is 7.97. The molecule has 0 aromatic carbocycles. The van der Waals surface area contributed by atoms with Crippen molar-refractivity contribution in [2.75, 3.05) is 18.0 Å². The van der Waals surface area contributed by atoms with Crippen LogP contribution in [-0.2, 0) is 14.6 Å². The first-order chi connectivity index (χ1) is 11.6. The fraction of sp³-hybridized carbons (Fsp3) is 0.333. The van der Waals surface area contributed by atoms with Crippen LogP contribution in [0.4, 0.5) is 6.01 Å². The Hall–Kier alpha value is -1.81. The van der Waals surface area contributed by atoms with Crippen LogP contribution in [0.25, 0.3) is 11.2 Å². The minimum Gasteiger partial charge on any atom is -0.592 e. The Balaban J connectivity index is 1.40. The zero-order chi connectivity index (χ0) is 16.6. The first-order valence-electron chi connectivity index (χ1n) is 7.64. The number of hydrogen-bond acceptors (Lipinski definition) is 7. The number of nitrogens with zero attached hydrogens (tertiary/aromatic N) is 3. The van der Waals surface area contributed by atoms with Gasteiger partial charge >= 0.3 is 0 Å². The molecule has 0 saturated carbocycles. The van der Waals surface area contributed by atoms with E-state index in [9.17, 15) is 8.76 Å². The molecule has 1 N–H and O–H groups in total. The molecular formula is C15H16N4O3S2. The quantitative estimate of drug-likeness (QED) is 0.715. The molecule has 1 aliphatic heterocycles. The van der Waals surface area contributed by atoms with Crippen LogP contribution in [0.15, 0.2) is 44.5 Å². The molecule has 0 radical (unpaired) electrons. The summed E-state index contributed by atoms with van der Waals surface area (Å²) in [5.41, 5.74) is 1.25. The lowest BCUT2D eigenvalue weighted by atomic mass is 10.1. The molecule has 24 heavy (non-hydrogen) atoms. The third-order valence-electron chi connectivity index (χ3n) is 4.00. The van der Waals surface area contributed by atoms with Crippen molar-refractivity contribution in [3.63, 3.8) is 0 Å². The number of hydrogen-bond donors (Lipinski definition) is 1. The van der Waals surface area contributed by atoms with E-state index in [1.807, 2.05) is 17.0 Å². The van der Waals surface area contributed by atoms with Gasteiger partial charge in [0.2, 0.25) is 9.86 Å². The highest BCUT2D eigenvalue weighted by Gasteiger charge is 2.30. The van der Waals surface area contributed by atoms with Crippen molar-refractivity contribution in [2.45, 2.75) is 23.1 Å². The van der Waals surface area contributed by atoms with Crippen LogP contribution in [0, 0.1) is 0 Å². The van der Waals surface area contributed by atoms with Gasteiger partial charge in [-0.05, 0) is 36.4 Å². The molecule has 0 aliphatic carbocycles. The van der Waals surface area contributed by atoms with E-state index in [2.05, 4.69) is 14.7 Å². The van der Waals surface area contributed by atoms with E-state index >= 15 is 0 Å². The predicted molar refractivity (Wildman–Crippen MR) is 91.6 cm³/mol. The number of aromatic nitrogens is 2. The minimum absolute atomic E-state index is 0.0733. The maximum Gasteiger partial charge on any atom is 0.299 e. The second-order valence-corrected chi connectivity index (χ2v) is 8.52. The maximum absolute atomic E-state index is 12.3. The van der Waals surface area contributed by atoms with Crippen LogP contribution in [0.2, 0.25) is 0 Å². The van der Waals surface area contributed by atoms with E-state index in [1.165, 1.54) is 11.3 Å². The van der Waals surface area contributed by atoms with Gasteiger partial charge < -0.3 is 13.9 Å². The molecule has 1 fully saturated rings. The molecule has 9 heteroatoms. The number of pyridine rings is 1. The highest BCUT2D eigenvalue weighted by Crippen LogP contribution is 2.25. The SMILES string of the molecule is O=[S+]([O-])(NC1CCN(c2nc3ncccc3o2)CC1)c1cccs1. The Morgan fingerprint density at radius 2 is 2.17 bits per heavy atom. The third kappa shape index (κ3) is 3.07. The van der Waals surface area contributed by atoms with Gasteiger partial charge in [0, 0.05) is 25.4 Å². The molecular weight excluding hydrogens is 348 g/mol. The summed E-state index contributed by atoms with van der Waals surface area (Å²) in [5.74, 6) is 0. The van der Waals surface area contributed by atoms with Crippen molar-refractivity contribution < 1.29 is 13.2 Å². The third-order valence-corrected chi connectivity index (χ3v) is 6.92. The van der Waals surface area contributed by atoms with Crippen molar-refractivity contribution >= 4 is 39.0 Å². The van der Waals surface area contributed by atoms with Gasteiger partial charge in [0.25, 0.3) is 6.01 Å². The number of nitrogens with one attached hydrogen (secondary N) is 1. The fourth-order valence-corrected chi connectivity index (χ4v) is 5.09. The van der Waals surface area contributed by atoms with E-state index in [-0.39, 0.29) is 6.04 Å². The van der Waals surface area contributed by atoms with E-state index in [1.54, 1.807) is 23.7 Å². The summed E-state index contributed by atoms with van der Waals surface area (Å²) in [6.07, 6.45) is 3.09. The average molecular weight is 364 g/mol. The smallest absolute Gasteiger partial charge is 0.299 e. The Labute approximate surface area is 144 Å². The Morgan fingerprint density at radius 1 is 1.33 bits per heavy atom. The standard InChI is InChI=1S/C15H16N4O3S2/c20-24(21,13-4-2-10-23-13)18-11-5-8-19(9-6-11)15-17-14-12(22-15)3-1-7-16-14/h1-4,7,10-11H,5-6,8-9H2,(H-,18,20,21). The number of piperidine rings is 1. The van der Waals surface area contributed by atoms with Gasteiger partial charge in [-0.3, -0.25) is 0 Å². The topological polar surface area (TPSA) is 94.3 Å². The molecule has 4 rings (SSSR count). The van der Waals surface area contributed by atoms with Crippen LogP contribution in [-0.4, -0.2) is 33.7 Å². The summed E-state index contributed by atoms with van der Waals surface area (Å²) >= 11 is 1.23. The lowest BCUT2D eigenvalue weighted by Gasteiger charge is -2.31. The largest absolute Gasteiger partial charge is 0.592 e. The Kier molecular flexibility index (Phi) is 4.09. The van der Waals surface area contributed by atoms with Gasteiger partial charge in [-0.15, -0.1) is 4.72 Å². The molecule has 7 nitrogen and oxygen atoms in total. The summed E-state index contributed by atoms with van der Waals surface area (Å²) in [4.78, 5) is 10.6. The maximum atomic E-state index is 12.3. The molecule has 0 bridgehead atoms. The summed E-state index contributed by atoms with van der Waals surface area (Å²) in [6, 6.07) is 7.47. The van der Waals surface area contributed by atoms with Gasteiger partial charge in [0.05, 0.1) is 6.04 Å². The van der Waals surface area contributed by atoms with Crippen molar-refractivity contribution in [3.05, 3.63) is 35.8 Å². The molecule has 3 aromatic rings. The van der Waals surface area contributed by atoms with Crippen molar-refractivity contribution in [1.82, 2.24) is 14.7 Å².